The van der Waals surface area contributed by atoms with E-state index in [9.17, 15) is 9.90 Å². The molecule has 0 aliphatic carbocycles. The molecule has 0 saturated carbocycles. The van der Waals surface area contributed by atoms with E-state index in [4.69, 9.17) is 33.0 Å². The lowest BCUT2D eigenvalue weighted by molar-refractivity contribution is 0.0696. The molecule has 2 N–H and O–H groups in total. The Balaban J connectivity index is 1.26. The molecule has 3 aromatic heterocycles. The fraction of sp³-hybridized carbons (Fsp3) is 0.372. The molecule has 2 aliphatic heterocycles. The Bertz CT molecular complexity index is 2500. The summed E-state index contributed by atoms with van der Waals surface area (Å²) in [6.07, 6.45) is 4.36. The quantitative estimate of drug-likeness (QED) is 0.134. The average Bonchev–Trinajstić information content (AvgIpc) is 3.92. The number of rotatable bonds is 10. The first-order chi connectivity index (χ1) is 26.3. The van der Waals surface area contributed by atoms with Crippen molar-refractivity contribution < 1.29 is 19.4 Å². The lowest BCUT2D eigenvalue weighted by Gasteiger charge is -2.34. The molecule has 286 valence electrons. The summed E-state index contributed by atoms with van der Waals surface area (Å²) in [5.74, 6) is 0.0791. The van der Waals surface area contributed by atoms with Crippen LogP contribution in [0.15, 0.2) is 48.7 Å². The first kappa shape index (κ1) is 37.2. The number of ether oxygens (including phenoxy) is 1. The maximum atomic E-state index is 15.3. The van der Waals surface area contributed by atoms with Crippen LogP contribution in [-0.4, -0.2) is 62.1 Å². The smallest absolute Gasteiger partial charge is 0.335 e. The third kappa shape index (κ3) is 6.38. The van der Waals surface area contributed by atoms with Crippen LogP contribution in [0.1, 0.15) is 74.7 Å². The third-order valence-electron chi connectivity index (χ3n) is 11.6. The summed E-state index contributed by atoms with van der Waals surface area (Å²) >= 11 is 13.6. The largest absolute Gasteiger partial charge is 0.494 e. The van der Waals surface area contributed by atoms with Crippen LogP contribution in [0.3, 0.4) is 0 Å². The number of anilines is 1. The lowest BCUT2D eigenvalue weighted by atomic mass is 9.98. The van der Waals surface area contributed by atoms with Gasteiger partial charge in [-0.05, 0) is 126 Å². The van der Waals surface area contributed by atoms with Gasteiger partial charge in [0.1, 0.15) is 11.4 Å². The molecule has 1 saturated heterocycles. The second-order valence-electron chi connectivity index (χ2n) is 15.3. The van der Waals surface area contributed by atoms with Gasteiger partial charge in [0.05, 0.1) is 39.6 Å². The van der Waals surface area contributed by atoms with Crippen molar-refractivity contribution in [1.29, 1.82) is 0 Å². The highest BCUT2D eigenvalue weighted by Gasteiger charge is 2.38. The summed E-state index contributed by atoms with van der Waals surface area (Å²) in [6.45, 7) is 13.6. The van der Waals surface area contributed by atoms with Gasteiger partial charge in [-0.2, -0.15) is 5.10 Å². The van der Waals surface area contributed by atoms with Gasteiger partial charge in [-0.25, -0.2) is 4.79 Å². The minimum absolute atomic E-state index is 0.127. The number of halogens is 2. The Hall–Kier alpha value is -4.77. The van der Waals surface area contributed by atoms with Gasteiger partial charge in [-0.1, -0.05) is 29.3 Å². The number of benzene rings is 3. The van der Waals surface area contributed by atoms with Crippen molar-refractivity contribution in [3.63, 3.8) is 0 Å². The Morgan fingerprint density at radius 1 is 1.04 bits per heavy atom. The fourth-order valence-corrected chi connectivity index (χ4v) is 9.22. The van der Waals surface area contributed by atoms with E-state index < -0.39 is 5.97 Å². The van der Waals surface area contributed by atoms with Gasteiger partial charge in [-0.15, -0.1) is 0 Å². The number of carboxylic acid groups (broad SMARTS) is 1. The van der Waals surface area contributed by atoms with Gasteiger partial charge < -0.3 is 29.2 Å². The number of carbonyl (C=O) groups is 2. The molecule has 2 aliphatic rings. The molecule has 1 amide bonds. The Morgan fingerprint density at radius 3 is 2.47 bits per heavy atom. The van der Waals surface area contributed by atoms with Gasteiger partial charge >= 0.3 is 5.97 Å². The number of aromatic nitrogens is 4. The summed E-state index contributed by atoms with van der Waals surface area (Å²) in [4.78, 5) is 29.3. The van der Waals surface area contributed by atoms with Crippen LogP contribution in [0.5, 0.6) is 5.75 Å². The van der Waals surface area contributed by atoms with Gasteiger partial charge in [0.25, 0.3) is 5.91 Å². The molecule has 12 heteroatoms. The molecule has 1 fully saturated rings. The number of aryl methyl sites for hydroxylation is 5. The van der Waals surface area contributed by atoms with E-state index in [1.54, 1.807) is 12.1 Å². The predicted molar refractivity (Wildman–Crippen MR) is 220 cm³/mol. The summed E-state index contributed by atoms with van der Waals surface area (Å²) < 4.78 is 12.5. The predicted octanol–water partition coefficient (Wildman–Crippen LogP) is 9.08. The fourth-order valence-electron chi connectivity index (χ4n) is 8.86. The molecule has 2 atom stereocenters. The van der Waals surface area contributed by atoms with Crippen molar-refractivity contribution in [2.24, 2.45) is 13.0 Å². The zero-order chi connectivity index (χ0) is 38.9. The first-order valence-electron chi connectivity index (χ1n) is 19.0. The van der Waals surface area contributed by atoms with Crippen LogP contribution in [0.2, 0.25) is 10.0 Å². The molecule has 5 heterocycles. The highest BCUT2D eigenvalue weighted by molar-refractivity contribution is 6.35. The molecule has 0 bridgehead atoms. The molecule has 55 heavy (non-hydrogen) atoms. The maximum absolute atomic E-state index is 15.3. The van der Waals surface area contributed by atoms with E-state index >= 15 is 4.79 Å². The Morgan fingerprint density at radius 2 is 1.80 bits per heavy atom. The van der Waals surface area contributed by atoms with Crippen molar-refractivity contribution >= 4 is 62.6 Å². The first-order valence-corrected chi connectivity index (χ1v) is 19.7. The summed E-state index contributed by atoms with van der Waals surface area (Å²) in [6, 6.07) is 13.0. The van der Waals surface area contributed by atoms with E-state index in [-0.39, 0.29) is 17.5 Å². The number of amides is 1. The zero-order valence-electron chi connectivity index (χ0n) is 32.1. The number of hydrogen-bond acceptors (Lipinski definition) is 5. The van der Waals surface area contributed by atoms with E-state index in [1.807, 2.05) is 80.9 Å². The highest BCUT2D eigenvalue weighted by atomic mass is 35.5. The van der Waals surface area contributed by atoms with E-state index in [1.165, 1.54) is 0 Å². The molecule has 3 aromatic carbocycles. The third-order valence-corrected chi connectivity index (χ3v) is 12.5. The highest BCUT2D eigenvalue weighted by Crippen LogP contribution is 2.46. The summed E-state index contributed by atoms with van der Waals surface area (Å²) in [5, 5.41) is 21.2. The maximum Gasteiger partial charge on any atom is 0.335 e. The van der Waals surface area contributed by atoms with Crippen molar-refractivity contribution in [3.05, 3.63) is 98.0 Å². The van der Waals surface area contributed by atoms with Crippen LogP contribution in [0.25, 0.3) is 32.9 Å². The second-order valence-corrected chi connectivity index (χ2v) is 16.1. The second kappa shape index (κ2) is 14.4. The van der Waals surface area contributed by atoms with Gasteiger partial charge in [0.2, 0.25) is 0 Å². The van der Waals surface area contributed by atoms with Crippen molar-refractivity contribution in [1.82, 2.24) is 24.2 Å². The van der Waals surface area contributed by atoms with Gasteiger partial charge in [0.15, 0.2) is 0 Å². The van der Waals surface area contributed by atoms with E-state index in [2.05, 4.69) is 21.4 Å². The number of hydrogen-bond donors (Lipinski definition) is 2. The number of fused-ring (bicyclic) bond motifs is 4. The molecule has 10 nitrogen and oxygen atoms in total. The van der Waals surface area contributed by atoms with Crippen LogP contribution in [0.4, 0.5) is 5.69 Å². The molecular weight excluding hydrogens is 735 g/mol. The standard InChI is InChI=1S/C43H46Cl2N6O4/c1-23-16-30(17-24(2)39(23)45)55-15-7-8-31-32-10-11-34(44)38(37-26(4)47-48(6)27(37)5)40(32)51-25(3)20-50(42(52)41(31)51)36-22-49(21-28-13-14-46-19-28)35-12-9-29(43(53)54)18-33(35)36/h9-12,16-18,22,25,28,46H,7-8,13-15,19-21H2,1-6H3,(H,53,54)/t25-,28-/m1/s1. The van der Waals surface area contributed by atoms with Crippen molar-refractivity contribution in [2.45, 2.75) is 66.5 Å². The van der Waals surface area contributed by atoms with Gasteiger partial charge in [-0.3, -0.25) is 9.48 Å². The topological polar surface area (TPSA) is 107 Å². The number of carbonyl (C=O) groups excluding carboxylic acids is 1. The Kier molecular flexibility index (Phi) is 9.72. The number of nitrogens with zero attached hydrogens (tertiary/aromatic N) is 5. The lowest BCUT2D eigenvalue weighted by Crippen LogP contribution is -2.42. The summed E-state index contributed by atoms with van der Waals surface area (Å²) in [5.41, 5.74) is 9.92. The number of nitrogens with one attached hydrogen (secondary N) is 1. The Labute approximate surface area is 330 Å². The van der Waals surface area contributed by atoms with Crippen molar-refractivity contribution in [3.8, 4) is 16.9 Å². The monoisotopic (exact) mass is 780 g/mol. The number of carboxylic acids is 1. The molecular formula is C43H46Cl2N6O4. The molecule has 0 unspecified atom stereocenters. The van der Waals surface area contributed by atoms with Gasteiger partial charge in [0, 0.05) is 65.0 Å². The van der Waals surface area contributed by atoms with E-state index in [0.29, 0.717) is 42.6 Å². The zero-order valence-corrected chi connectivity index (χ0v) is 33.6. The molecule has 0 radical (unpaired) electrons. The number of aromatic carboxylic acids is 1. The van der Waals surface area contributed by atoms with Crippen LogP contribution in [0, 0.1) is 33.6 Å². The van der Waals surface area contributed by atoms with E-state index in [0.717, 1.165) is 104 Å². The molecule has 6 aromatic rings. The SMILES string of the molecule is Cc1cc(OCCCc2c3n(c4c(-c5c(C)nn(C)c5C)c(Cl)ccc24)[C@H](C)CN(c2cn(C[C@@H]4CCNC4)c4ccc(C(=O)O)cc24)C3=O)cc(C)c1Cl. The van der Waals surface area contributed by atoms with Crippen LogP contribution < -0.4 is 15.0 Å². The normalized spacial score (nSPS) is 17.2. The van der Waals surface area contributed by atoms with Crippen LogP contribution in [-0.2, 0) is 20.0 Å². The minimum atomic E-state index is -1.00. The van der Waals surface area contributed by atoms with Crippen molar-refractivity contribution in [2.75, 3.05) is 31.1 Å². The average molecular weight is 782 g/mol. The summed E-state index contributed by atoms with van der Waals surface area (Å²) in [7, 11) is 1.93. The minimum Gasteiger partial charge on any atom is -0.494 e. The molecule has 8 rings (SSSR count). The molecule has 0 spiro atoms. The van der Waals surface area contributed by atoms with Crippen LogP contribution >= 0.6 is 23.2 Å².